The lowest BCUT2D eigenvalue weighted by Gasteiger charge is -2.06. The summed E-state index contributed by atoms with van der Waals surface area (Å²) < 4.78 is 4.67. The third-order valence-corrected chi connectivity index (χ3v) is 3.47. The number of thiophene rings is 1. The Morgan fingerprint density at radius 2 is 2.06 bits per heavy atom. The lowest BCUT2D eigenvalue weighted by atomic mass is 10.2. The molecule has 0 saturated carbocycles. The molecule has 3 N–H and O–H groups in total. The molecule has 1 rings (SSSR count). The molecule has 0 unspecified atom stereocenters. The molecule has 1 heterocycles. The first-order chi connectivity index (χ1) is 8.38. The van der Waals surface area contributed by atoms with Gasteiger partial charge in [-0.2, -0.15) is 0 Å². The van der Waals surface area contributed by atoms with Crippen molar-refractivity contribution in [3.63, 3.8) is 0 Å². The summed E-state index contributed by atoms with van der Waals surface area (Å²) in [4.78, 5) is 23.4. The Kier molecular flexibility index (Phi) is 4.49. The number of nitrogens with one attached hydrogen (secondary N) is 1. The van der Waals surface area contributed by atoms with Gasteiger partial charge in [0.05, 0.1) is 17.7 Å². The fourth-order valence-electron chi connectivity index (χ4n) is 1.37. The number of ether oxygens (including phenoxy) is 1. The van der Waals surface area contributed by atoms with Gasteiger partial charge in [0.2, 0.25) is 0 Å². The summed E-state index contributed by atoms with van der Waals surface area (Å²) in [5.74, 6) is -0.730. The van der Waals surface area contributed by atoms with Gasteiger partial charge in [0.15, 0.2) is 5.78 Å². The molecule has 0 aromatic carbocycles. The monoisotopic (exact) mass is 268 g/mol. The molecule has 98 valence electrons. The van der Waals surface area contributed by atoms with Crippen molar-refractivity contribution < 1.29 is 14.3 Å². The number of carbonyl (C=O) groups excluding carboxylic acids is 2. The van der Waals surface area contributed by atoms with Crippen LogP contribution in [0.4, 0.5) is 10.7 Å². The zero-order chi connectivity index (χ0) is 13.9. The lowest BCUT2D eigenvalue weighted by molar-refractivity contribution is 0.0603. The predicted octanol–water partition coefficient (Wildman–Crippen LogP) is 2.31. The first kappa shape index (κ1) is 14.2. The number of nitrogens with two attached hydrogens (primary N) is 1. The van der Waals surface area contributed by atoms with Gasteiger partial charge in [-0.25, -0.2) is 4.79 Å². The lowest BCUT2D eigenvalue weighted by Crippen LogP contribution is -2.09. The van der Waals surface area contributed by atoms with Crippen LogP contribution in [-0.4, -0.2) is 25.4 Å². The first-order valence-corrected chi connectivity index (χ1v) is 6.09. The Morgan fingerprint density at radius 3 is 2.50 bits per heavy atom. The zero-order valence-corrected chi connectivity index (χ0v) is 11.4. The summed E-state index contributed by atoms with van der Waals surface area (Å²) in [7, 11) is 1.27. The van der Waals surface area contributed by atoms with Gasteiger partial charge in [0, 0.05) is 13.5 Å². The van der Waals surface area contributed by atoms with Gasteiger partial charge < -0.3 is 15.8 Å². The fourth-order valence-corrected chi connectivity index (χ4v) is 2.37. The minimum absolute atomic E-state index is 0.170. The molecule has 0 fully saturated rings. The average Bonchev–Trinajstić information content (AvgIpc) is 2.63. The van der Waals surface area contributed by atoms with Crippen molar-refractivity contribution in [3.05, 3.63) is 22.6 Å². The second kappa shape index (κ2) is 5.68. The molecule has 0 saturated heterocycles. The highest BCUT2D eigenvalue weighted by molar-refractivity contribution is 7.19. The predicted molar refractivity (Wildman–Crippen MR) is 73.4 cm³/mol. The molecule has 1 aromatic heterocycles. The van der Waals surface area contributed by atoms with Crippen molar-refractivity contribution in [3.8, 4) is 0 Å². The maximum atomic E-state index is 11.7. The summed E-state index contributed by atoms with van der Waals surface area (Å²) >= 11 is 1.15. The molecule has 0 bridgehead atoms. The highest BCUT2D eigenvalue weighted by Gasteiger charge is 2.24. The van der Waals surface area contributed by atoms with Gasteiger partial charge in [-0.05, 0) is 6.92 Å². The molecular formula is C12H16N2O3S. The molecule has 0 atom stereocenters. The van der Waals surface area contributed by atoms with Gasteiger partial charge in [-0.1, -0.05) is 12.2 Å². The molecule has 18 heavy (non-hydrogen) atoms. The summed E-state index contributed by atoms with van der Waals surface area (Å²) in [6.45, 7) is 7.52. The Labute approximate surface area is 110 Å². The quantitative estimate of drug-likeness (QED) is 0.486. The number of carbonyl (C=O) groups is 2. The number of ketones is 1. The number of methoxy groups -OCH3 is 1. The van der Waals surface area contributed by atoms with Gasteiger partial charge in [-0.3, -0.25) is 4.79 Å². The van der Waals surface area contributed by atoms with Crippen LogP contribution in [-0.2, 0) is 4.74 Å². The van der Waals surface area contributed by atoms with Gasteiger partial charge in [0.1, 0.15) is 10.6 Å². The average molecular weight is 268 g/mol. The van der Waals surface area contributed by atoms with Gasteiger partial charge >= 0.3 is 5.97 Å². The number of nitrogen functional groups attached to an aromatic ring is 1. The van der Waals surface area contributed by atoms with Crippen LogP contribution in [0.15, 0.2) is 12.2 Å². The van der Waals surface area contributed by atoms with E-state index >= 15 is 0 Å². The topological polar surface area (TPSA) is 81.4 Å². The first-order valence-electron chi connectivity index (χ1n) is 5.28. The van der Waals surface area contributed by atoms with Crippen LogP contribution in [0.1, 0.15) is 33.9 Å². The van der Waals surface area contributed by atoms with E-state index in [2.05, 4.69) is 16.6 Å². The van der Waals surface area contributed by atoms with Crippen LogP contribution in [0, 0.1) is 0 Å². The minimum Gasteiger partial charge on any atom is -0.465 e. The van der Waals surface area contributed by atoms with Crippen molar-refractivity contribution >= 4 is 33.8 Å². The number of esters is 1. The van der Waals surface area contributed by atoms with E-state index in [1.165, 1.54) is 14.0 Å². The van der Waals surface area contributed by atoms with E-state index < -0.39 is 5.97 Å². The van der Waals surface area contributed by atoms with Gasteiger partial charge in [-0.15, -0.1) is 11.3 Å². The van der Waals surface area contributed by atoms with Crippen LogP contribution in [0.3, 0.4) is 0 Å². The van der Waals surface area contributed by atoms with Crippen molar-refractivity contribution in [2.24, 2.45) is 0 Å². The molecule has 0 amide bonds. The maximum Gasteiger partial charge on any atom is 0.343 e. The number of Topliss-reactive ketones (excluding diaryl/α,β-unsaturated/α-hetero) is 1. The molecule has 0 aliphatic carbocycles. The number of anilines is 2. The summed E-state index contributed by atoms with van der Waals surface area (Å²) in [5.41, 5.74) is 7.11. The summed E-state index contributed by atoms with van der Waals surface area (Å²) in [6, 6.07) is 0. The Hall–Kier alpha value is -1.82. The number of hydrogen-bond donors (Lipinski definition) is 2. The molecule has 0 spiro atoms. The van der Waals surface area contributed by atoms with Crippen LogP contribution in [0.2, 0.25) is 0 Å². The highest BCUT2D eigenvalue weighted by Crippen LogP contribution is 2.36. The molecule has 1 aromatic rings. The number of rotatable bonds is 5. The standard InChI is InChI=1S/C12H16N2O3S/c1-6(2)5-14-11-8(12(16)17-4)9(13)10(18-11)7(3)15/h14H,1,5,13H2,2-4H3. The largest absolute Gasteiger partial charge is 0.465 e. The van der Waals surface area contributed by atoms with E-state index in [-0.39, 0.29) is 17.0 Å². The Balaban J connectivity index is 3.21. The van der Waals surface area contributed by atoms with Crippen LogP contribution < -0.4 is 11.1 Å². The third kappa shape index (κ3) is 2.89. The van der Waals surface area contributed by atoms with E-state index in [0.717, 1.165) is 16.9 Å². The van der Waals surface area contributed by atoms with Crippen LogP contribution in [0.5, 0.6) is 0 Å². The van der Waals surface area contributed by atoms with Crippen LogP contribution >= 0.6 is 11.3 Å². The molecular weight excluding hydrogens is 252 g/mol. The molecule has 6 heteroatoms. The van der Waals surface area contributed by atoms with Crippen molar-refractivity contribution in [2.45, 2.75) is 13.8 Å². The summed E-state index contributed by atoms with van der Waals surface area (Å²) in [6.07, 6.45) is 0. The van der Waals surface area contributed by atoms with E-state index in [4.69, 9.17) is 5.73 Å². The molecule has 5 nitrogen and oxygen atoms in total. The van der Waals surface area contributed by atoms with Crippen molar-refractivity contribution in [1.82, 2.24) is 0 Å². The normalized spacial score (nSPS) is 9.94. The van der Waals surface area contributed by atoms with Crippen molar-refractivity contribution in [2.75, 3.05) is 24.7 Å². The van der Waals surface area contributed by atoms with E-state index in [1.54, 1.807) is 0 Å². The Bertz CT molecular complexity index is 506. The van der Waals surface area contributed by atoms with E-state index in [9.17, 15) is 9.59 Å². The van der Waals surface area contributed by atoms with E-state index in [0.29, 0.717) is 16.4 Å². The Morgan fingerprint density at radius 1 is 1.44 bits per heavy atom. The maximum absolute atomic E-state index is 11.7. The van der Waals surface area contributed by atoms with Crippen molar-refractivity contribution in [1.29, 1.82) is 0 Å². The van der Waals surface area contributed by atoms with Gasteiger partial charge in [0.25, 0.3) is 0 Å². The van der Waals surface area contributed by atoms with Crippen LogP contribution in [0.25, 0.3) is 0 Å². The second-order valence-electron chi connectivity index (χ2n) is 3.91. The second-order valence-corrected chi connectivity index (χ2v) is 4.93. The number of hydrogen-bond acceptors (Lipinski definition) is 6. The summed E-state index contributed by atoms with van der Waals surface area (Å²) in [5, 5.41) is 3.56. The minimum atomic E-state index is -0.555. The highest BCUT2D eigenvalue weighted by atomic mass is 32.1. The molecule has 0 aliphatic heterocycles. The third-order valence-electron chi connectivity index (χ3n) is 2.21. The molecule has 0 aliphatic rings. The molecule has 0 radical (unpaired) electrons. The smallest absolute Gasteiger partial charge is 0.343 e. The SMILES string of the molecule is C=C(C)CNc1sc(C(C)=O)c(N)c1C(=O)OC. The fraction of sp³-hybridized carbons (Fsp3) is 0.333. The van der Waals surface area contributed by atoms with E-state index in [1.807, 2.05) is 6.92 Å². The zero-order valence-electron chi connectivity index (χ0n) is 10.6.